The van der Waals surface area contributed by atoms with Gasteiger partial charge in [-0.3, -0.25) is 5.41 Å². The highest BCUT2D eigenvalue weighted by molar-refractivity contribution is 5.85. The third kappa shape index (κ3) is 5.31. The summed E-state index contributed by atoms with van der Waals surface area (Å²) in [7, 11) is 0. The van der Waals surface area contributed by atoms with Gasteiger partial charge < -0.3 is 16.8 Å². The molecule has 1 heterocycles. The molecule has 0 aromatic heterocycles. The van der Waals surface area contributed by atoms with Gasteiger partial charge in [0.15, 0.2) is 0 Å². The van der Waals surface area contributed by atoms with Crippen molar-refractivity contribution in [1.29, 1.82) is 5.41 Å². The Balaban J connectivity index is 0.00000196. The van der Waals surface area contributed by atoms with Gasteiger partial charge in [0.1, 0.15) is 0 Å². The predicted octanol–water partition coefficient (Wildman–Crippen LogP) is -0.00303. The van der Waals surface area contributed by atoms with Crippen molar-refractivity contribution in [3.63, 3.8) is 0 Å². The van der Waals surface area contributed by atoms with Crippen LogP contribution in [0.4, 0.5) is 0 Å². The lowest BCUT2D eigenvalue weighted by Gasteiger charge is -2.19. The molecule has 0 aromatic carbocycles. The molecule has 0 bridgehead atoms. The first-order chi connectivity index (χ1) is 6.70. The maximum atomic E-state index is 7.67. The van der Waals surface area contributed by atoms with Crippen molar-refractivity contribution in [3.05, 3.63) is 0 Å². The number of hydrogen-bond donors (Lipinski definition) is 4. The highest BCUT2D eigenvalue weighted by Gasteiger charge is 2.09. The molecule has 6 N–H and O–H groups in total. The summed E-state index contributed by atoms with van der Waals surface area (Å²) in [6, 6.07) is 0. The minimum Gasteiger partial charge on any atom is -0.369 e. The summed E-state index contributed by atoms with van der Waals surface area (Å²) in [5.74, 6) is 0.274. The van der Waals surface area contributed by atoms with Crippen LogP contribution in [0.15, 0.2) is 5.10 Å². The predicted molar refractivity (Wildman–Crippen MR) is 64.0 cm³/mol. The number of rotatable bonds is 1. The standard InChI is InChI=1S/C8H18N6.ClH/c9-7(10)13-14-6-4-2-1-3-5-12-8(14)11;/h1-6H2,(H2,11,12)(H4,9,10,13);1H. The first kappa shape index (κ1) is 13.8. The van der Waals surface area contributed by atoms with Gasteiger partial charge in [0.05, 0.1) is 0 Å². The van der Waals surface area contributed by atoms with Crippen LogP contribution in [-0.4, -0.2) is 30.0 Å². The van der Waals surface area contributed by atoms with Crippen molar-refractivity contribution in [2.24, 2.45) is 16.6 Å². The van der Waals surface area contributed by atoms with Crippen LogP contribution in [0.1, 0.15) is 25.7 Å². The van der Waals surface area contributed by atoms with E-state index < -0.39 is 0 Å². The minimum atomic E-state index is -0.00389. The topological polar surface area (TPSA) is 104 Å². The van der Waals surface area contributed by atoms with Crippen molar-refractivity contribution >= 4 is 24.3 Å². The van der Waals surface area contributed by atoms with E-state index in [1.807, 2.05) is 0 Å². The molecule has 1 aliphatic rings. The summed E-state index contributed by atoms with van der Waals surface area (Å²) in [5.41, 5.74) is 10.6. The first-order valence-electron chi connectivity index (χ1n) is 4.89. The van der Waals surface area contributed by atoms with Gasteiger partial charge in [-0.05, 0) is 12.8 Å². The van der Waals surface area contributed by atoms with E-state index >= 15 is 0 Å². The summed E-state index contributed by atoms with van der Waals surface area (Å²) in [4.78, 5) is 0. The molecule has 0 aromatic rings. The van der Waals surface area contributed by atoms with Crippen LogP contribution < -0.4 is 16.8 Å². The SMILES string of the molecule is Cl.N=C1NCCCCCCN1N=C(N)N. The molecule has 1 rings (SSSR count). The molecule has 0 aliphatic carbocycles. The molecule has 7 heteroatoms. The van der Waals surface area contributed by atoms with Gasteiger partial charge in [0.25, 0.3) is 0 Å². The molecule has 0 saturated carbocycles. The van der Waals surface area contributed by atoms with Crippen LogP contribution in [0.3, 0.4) is 0 Å². The monoisotopic (exact) mass is 234 g/mol. The highest BCUT2D eigenvalue weighted by atomic mass is 35.5. The van der Waals surface area contributed by atoms with Crippen molar-refractivity contribution in [3.8, 4) is 0 Å². The number of nitrogens with two attached hydrogens (primary N) is 2. The van der Waals surface area contributed by atoms with E-state index in [0.29, 0.717) is 6.54 Å². The maximum absolute atomic E-state index is 7.67. The fraction of sp³-hybridized carbons (Fsp3) is 0.750. The van der Waals surface area contributed by atoms with Gasteiger partial charge in [-0.15, -0.1) is 17.5 Å². The first-order valence-corrected chi connectivity index (χ1v) is 4.89. The van der Waals surface area contributed by atoms with Gasteiger partial charge in [-0.2, -0.15) is 0 Å². The zero-order valence-corrected chi connectivity index (χ0v) is 9.52. The van der Waals surface area contributed by atoms with Crippen molar-refractivity contribution < 1.29 is 0 Å². The number of guanidine groups is 2. The van der Waals surface area contributed by atoms with Crippen molar-refractivity contribution in [1.82, 2.24) is 10.3 Å². The molecule has 88 valence electrons. The Morgan fingerprint density at radius 1 is 1.27 bits per heavy atom. The fourth-order valence-corrected chi connectivity index (χ4v) is 1.39. The van der Waals surface area contributed by atoms with Crippen LogP contribution in [0.5, 0.6) is 0 Å². The Labute approximate surface area is 96.0 Å². The van der Waals surface area contributed by atoms with Gasteiger partial charge in [-0.1, -0.05) is 12.8 Å². The Kier molecular flexibility index (Phi) is 6.61. The second kappa shape index (κ2) is 7.17. The molecule has 6 nitrogen and oxygen atoms in total. The molecule has 1 fully saturated rings. The third-order valence-electron chi connectivity index (χ3n) is 2.08. The number of nitrogens with zero attached hydrogens (tertiary/aromatic N) is 2. The van der Waals surface area contributed by atoms with E-state index in [4.69, 9.17) is 16.9 Å². The van der Waals surface area contributed by atoms with Crippen LogP contribution in [0.2, 0.25) is 0 Å². The van der Waals surface area contributed by atoms with Gasteiger partial charge in [0, 0.05) is 13.1 Å². The molecule has 15 heavy (non-hydrogen) atoms. The van der Waals surface area contributed by atoms with E-state index in [-0.39, 0.29) is 24.3 Å². The lowest BCUT2D eigenvalue weighted by atomic mass is 10.2. The smallest absolute Gasteiger partial charge is 0.212 e. The van der Waals surface area contributed by atoms with Gasteiger partial charge in [-0.25, -0.2) is 5.01 Å². The summed E-state index contributed by atoms with van der Waals surface area (Å²) in [6.45, 7) is 1.51. The second-order valence-electron chi connectivity index (χ2n) is 3.34. The zero-order valence-electron chi connectivity index (χ0n) is 8.70. The quantitative estimate of drug-likeness (QED) is 0.379. The van der Waals surface area contributed by atoms with Crippen LogP contribution >= 0.6 is 12.4 Å². The molecule has 0 radical (unpaired) electrons. The normalized spacial score (nSPS) is 17.6. The summed E-state index contributed by atoms with van der Waals surface area (Å²) < 4.78 is 0. The van der Waals surface area contributed by atoms with Crippen molar-refractivity contribution in [2.45, 2.75) is 25.7 Å². The molecule has 1 saturated heterocycles. The van der Waals surface area contributed by atoms with E-state index in [2.05, 4.69) is 10.4 Å². The van der Waals surface area contributed by atoms with Crippen LogP contribution in [0, 0.1) is 5.41 Å². The second-order valence-corrected chi connectivity index (χ2v) is 3.34. The molecule has 0 unspecified atom stereocenters. The Morgan fingerprint density at radius 2 is 1.93 bits per heavy atom. The highest BCUT2D eigenvalue weighted by Crippen LogP contribution is 2.04. The molecule has 0 atom stereocenters. The zero-order chi connectivity index (χ0) is 10.4. The average molecular weight is 235 g/mol. The molecular weight excluding hydrogens is 216 g/mol. The van der Waals surface area contributed by atoms with E-state index in [0.717, 1.165) is 25.8 Å². The summed E-state index contributed by atoms with van der Waals surface area (Å²) in [6.07, 6.45) is 4.46. The number of hydrogen-bond acceptors (Lipinski definition) is 2. The summed E-state index contributed by atoms with van der Waals surface area (Å²) in [5, 5.41) is 16.0. The maximum Gasteiger partial charge on any atom is 0.212 e. The lowest BCUT2D eigenvalue weighted by Crippen LogP contribution is -2.40. The van der Waals surface area contributed by atoms with Crippen LogP contribution in [-0.2, 0) is 0 Å². The lowest BCUT2D eigenvalue weighted by molar-refractivity contribution is 0.414. The van der Waals surface area contributed by atoms with E-state index in [9.17, 15) is 0 Å². The number of hydrazone groups is 1. The summed E-state index contributed by atoms with van der Waals surface area (Å²) >= 11 is 0. The van der Waals surface area contributed by atoms with Gasteiger partial charge in [0.2, 0.25) is 11.9 Å². The van der Waals surface area contributed by atoms with E-state index in [1.54, 1.807) is 0 Å². The fourth-order valence-electron chi connectivity index (χ4n) is 1.39. The van der Waals surface area contributed by atoms with Gasteiger partial charge >= 0.3 is 0 Å². The number of halogens is 1. The van der Waals surface area contributed by atoms with E-state index in [1.165, 1.54) is 11.4 Å². The molecule has 1 aliphatic heterocycles. The average Bonchev–Trinajstić information content (AvgIpc) is 2.20. The number of nitrogens with one attached hydrogen (secondary N) is 2. The largest absolute Gasteiger partial charge is 0.369 e. The Bertz CT molecular complexity index is 225. The molecule has 0 amide bonds. The minimum absolute atomic E-state index is 0. The van der Waals surface area contributed by atoms with Crippen molar-refractivity contribution in [2.75, 3.05) is 13.1 Å². The Hall–Kier alpha value is -1.17. The van der Waals surface area contributed by atoms with Crippen LogP contribution in [0.25, 0.3) is 0 Å². The molecule has 0 spiro atoms. The molecular formula is C8H19ClN6. The Morgan fingerprint density at radius 3 is 2.60 bits per heavy atom. The third-order valence-corrected chi connectivity index (χ3v) is 2.08.